The Morgan fingerprint density at radius 2 is 2.25 bits per heavy atom. The van der Waals surface area contributed by atoms with Crippen LogP contribution in [0.25, 0.3) is 0 Å². The molecule has 3 unspecified atom stereocenters. The number of ether oxygens (including phenoxy) is 1. The molecule has 0 aromatic heterocycles. The molecule has 0 amide bonds. The topological polar surface area (TPSA) is 49.7 Å². The Labute approximate surface area is 71.0 Å². The van der Waals surface area contributed by atoms with Gasteiger partial charge < -0.3 is 14.9 Å². The van der Waals surface area contributed by atoms with Gasteiger partial charge in [-0.05, 0) is 17.7 Å². The van der Waals surface area contributed by atoms with Gasteiger partial charge in [0.1, 0.15) is 6.10 Å². The van der Waals surface area contributed by atoms with Crippen LogP contribution in [0.2, 0.25) is 0 Å². The van der Waals surface area contributed by atoms with Gasteiger partial charge in [-0.1, -0.05) is 0 Å². The average molecular weight is 168 g/mol. The van der Waals surface area contributed by atoms with Gasteiger partial charge >= 0.3 is 0 Å². The number of hydrogen-bond donors (Lipinski definition) is 2. The van der Waals surface area contributed by atoms with Crippen molar-refractivity contribution in [3.8, 4) is 0 Å². The van der Waals surface area contributed by atoms with Gasteiger partial charge in [-0.2, -0.15) is 0 Å². The molecule has 0 bridgehead atoms. The van der Waals surface area contributed by atoms with Crippen LogP contribution in [-0.4, -0.2) is 29.5 Å². The van der Waals surface area contributed by atoms with Crippen molar-refractivity contribution in [3.63, 3.8) is 0 Å². The third-order valence-electron chi connectivity index (χ3n) is 2.61. The Kier molecular flexibility index (Phi) is 1.90. The van der Waals surface area contributed by atoms with Crippen LogP contribution in [0.15, 0.2) is 24.0 Å². The fourth-order valence-corrected chi connectivity index (χ4v) is 1.93. The van der Waals surface area contributed by atoms with Gasteiger partial charge in [0.2, 0.25) is 0 Å². The summed E-state index contributed by atoms with van der Waals surface area (Å²) in [6, 6.07) is 0. The molecule has 3 atom stereocenters. The van der Waals surface area contributed by atoms with Crippen LogP contribution >= 0.6 is 0 Å². The minimum absolute atomic E-state index is 0.0232. The molecule has 1 aliphatic carbocycles. The standard InChI is InChI=1S/C9H12O3/c10-4-6-3-9-7(1-2-12-9)8(6)5-11/h1-3,7-11H,4-5H2. The van der Waals surface area contributed by atoms with Crippen molar-refractivity contribution in [3.05, 3.63) is 24.0 Å². The Hall–Kier alpha value is -0.800. The van der Waals surface area contributed by atoms with Gasteiger partial charge in [0.15, 0.2) is 0 Å². The fraction of sp³-hybridized carbons (Fsp3) is 0.556. The van der Waals surface area contributed by atoms with Crippen molar-refractivity contribution in [2.24, 2.45) is 11.8 Å². The van der Waals surface area contributed by atoms with Crippen molar-refractivity contribution >= 4 is 0 Å². The maximum Gasteiger partial charge on any atom is 0.123 e. The first-order valence-corrected chi connectivity index (χ1v) is 4.11. The maximum absolute atomic E-state index is 9.07. The molecule has 12 heavy (non-hydrogen) atoms. The lowest BCUT2D eigenvalue weighted by Gasteiger charge is -2.16. The lowest BCUT2D eigenvalue weighted by Crippen LogP contribution is -2.20. The smallest absolute Gasteiger partial charge is 0.123 e. The Morgan fingerprint density at radius 3 is 2.92 bits per heavy atom. The van der Waals surface area contributed by atoms with E-state index in [-0.39, 0.29) is 31.2 Å². The van der Waals surface area contributed by atoms with Crippen molar-refractivity contribution in [1.29, 1.82) is 0 Å². The van der Waals surface area contributed by atoms with Crippen LogP contribution in [0.5, 0.6) is 0 Å². The molecular formula is C9H12O3. The van der Waals surface area contributed by atoms with E-state index in [0.717, 1.165) is 5.57 Å². The lowest BCUT2D eigenvalue weighted by molar-refractivity contribution is 0.144. The summed E-state index contributed by atoms with van der Waals surface area (Å²) in [4.78, 5) is 0. The second kappa shape index (κ2) is 2.92. The predicted octanol–water partition coefficient (Wildman–Crippen LogP) is 0.0559. The van der Waals surface area contributed by atoms with Gasteiger partial charge in [0.05, 0.1) is 19.5 Å². The highest BCUT2D eigenvalue weighted by molar-refractivity contribution is 5.25. The van der Waals surface area contributed by atoms with Gasteiger partial charge in [0.25, 0.3) is 0 Å². The summed E-state index contributed by atoms with van der Waals surface area (Å²) in [6.07, 6.45) is 5.57. The normalized spacial score (nSPS) is 37.8. The molecule has 1 aliphatic heterocycles. The van der Waals surface area contributed by atoms with Crippen molar-refractivity contribution in [1.82, 2.24) is 0 Å². The number of hydrogen-bond acceptors (Lipinski definition) is 3. The van der Waals surface area contributed by atoms with Crippen LogP contribution < -0.4 is 0 Å². The molecule has 0 fully saturated rings. The minimum Gasteiger partial charge on any atom is -0.494 e. The van der Waals surface area contributed by atoms with E-state index in [2.05, 4.69) is 0 Å². The fourth-order valence-electron chi connectivity index (χ4n) is 1.93. The Bertz CT molecular complexity index is 232. The number of aliphatic hydroxyl groups excluding tert-OH is 2. The van der Waals surface area contributed by atoms with Crippen LogP contribution in [0.3, 0.4) is 0 Å². The molecule has 0 spiro atoms. The van der Waals surface area contributed by atoms with Gasteiger partial charge in [-0.3, -0.25) is 0 Å². The zero-order valence-electron chi connectivity index (χ0n) is 6.68. The minimum atomic E-state index is 0.0232. The van der Waals surface area contributed by atoms with Crippen LogP contribution in [-0.2, 0) is 4.74 Å². The lowest BCUT2D eigenvalue weighted by atomic mass is 9.92. The molecule has 3 heteroatoms. The first-order chi connectivity index (χ1) is 5.86. The molecule has 3 nitrogen and oxygen atoms in total. The quantitative estimate of drug-likeness (QED) is 0.573. The van der Waals surface area contributed by atoms with Crippen molar-refractivity contribution < 1.29 is 14.9 Å². The van der Waals surface area contributed by atoms with Crippen molar-refractivity contribution in [2.75, 3.05) is 13.2 Å². The van der Waals surface area contributed by atoms with E-state index in [4.69, 9.17) is 14.9 Å². The summed E-state index contributed by atoms with van der Waals surface area (Å²) in [5.74, 6) is 0.288. The van der Waals surface area contributed by atoms with E-state index < -0.39 is 0 Å². The summed E-state index contributed by atoms with van der Waals surface area (Å²) in [5, 5.41) is 18.0. The molecule has 66 valence electrons. The Morgan fingerprint density at radius 1 is 1.42 bits per heavy atom. The maximum atomic E-state index is 9.07. The zero-order chi connectivity index (χ0) is 8.55. The largest absolute Gasteiger partial charge is 0.494 e. The first kappa shape index (κ1) is 7.83. The van der Waals surface area contributed by atoms with E-state index in [1.165, 1.54) is 0 Å². The van der Waals surface area contributed by atoms with E-state index in [0.29, 0.717) is 0 Å². The van der Waals surface area contributed by atoms with E-state index in [1.807, 2.05) is 12.2 Å². The van der Waals surface area contributed by atoms with E-state index >= 15 is 0 Å². The van der Waals surface area contributed by atoms with Crippen LogP contribution in [0.1, 0.15) is 0 Å². The third kappa shape index (κ3) is 0.974. The second-order valence-electron chi connectivity index (χ2n) is 3.20. The molecule has 0 saturated heterocycles. The molecule has 2 N–H and O–H groups in total. The summed E-state index contributed by atoms with van der Waals surface area (Å²) < 4.78 is 5.26. The van der Waals surface area contributed by atoms with E-state index in [1.54, 1.807) is 6.26 Å². The Balaban J connectivity index is 2.18. The number of fused-ring (bicyclic) bond motifs is 1. The molecular weight excluding hydrogens is 156 g/mol. The summed E-state index contributed by atoms with van der Waals surface area (Å²) >= 11 is 0. The van der Waals surface area contributed by atoms with Gasteiger partial charge in [0, 0.05) is 11.8 Å². The van der Waals surface area contributed by atoms with Crippen molar-refractivity contribution in [2.45, 2.75) is 6.10 Å². The SMILES string of the molecule is OCC1=CC2OC=CC2C1CO. The molecule has 0 aromatic carbocycles. The summed E-state index contributed by atoms with van der Waals surface area (Å²) in [6.45, 7) is 0.108. The first-order valence-electron chi connectivity index (χ1n) is 4.11. The monoisotopic (exact) mass is 168 g/mol. The molecule has 0 saturated carbocycles. The van der Waals surface area contributed by atoms with Gasteiger partial charge in [-0.15, -0.1) is 0 Å². The van der Waals surface area contributed by atoms with Crippen LogP contribution in [0, 0.1) is 11.8 Å². The second-order valence-corrected chi connectivity index (χ2v) is 3.20. The third-order valence-corrected chi connectivity index (χ3v) is 2.61. The highest BCUT2D eigenvalue weighted by atomic mass is 16.5. The summed E-state index contributed by atoms with van der Waals surface area (Å²) in [5.41, 5.74) is 0.900. The highest BCUT2D eigenvalue weighted by Gasteiger charge is 2.38. The molecule has 1 heterocycles. The molecule has 0 radical (unpaired) electrons. The highest BCUT2D eigenvalue weighted by Crippen LogP contribution is 2.37. The average Bonchev–Trinajstić information content (AvgIpc) is 2.61. The molecule has 2 rings (SSSR count). The number of rotatable bonds is 2. The molecule has 2 aliphatic rings. The summed E-state index contributed by atoms with van der Waals surface area (Å²) in [7, 11) is 0. The zero-order valence-corrected chi connectivity index (χ0v) is 6.68. The van der Waals surface area contributed by atoms with E-state index in [9.17, 15) is 0 Å². The molecule has 0 aromatic rings. The number of aliphatic hydroxyl groups is 2. The predicted molar refractivity (Wildman–Crippen MR) is 43.2 cm³/mol. The van der Waals surface area contributed by atoms with Gasteiger partial charge in [-0.25, -0.2) is 0 Å². The van der Waals surface area contributed by atoms with Crippen LogP contribution in [0.4, 0.5) is 0 Å².